The second kappa shape index (κ2) is 8.27. The van der Waals surface area contributed by atoms with Gasteiger partial charge in [-0.1, -0.05) is 0 Å². The Kier molecular flexibility index (Phi) is 6.01. The first-order valence-electron chi connectivity index (χ1n) is 9.23. The molecule has 2 saturated heterocycles. The van der Waals surface area contributed by atoms with Crippen LogP contribution in [0.15, 0.2) is 28.9 Å². The lowest BCUT2D eigenvalue weighted by molar-refractivity contribution is -0.134. The van der Waals surface area contributed by atoms with Crippen LogP contribution in [0, 0.1) is 5.92 Å². The molecule has 0 aromatic carbocycles. The lowest BCUT2D eigenvalue weighted by Crippen LogP contribution is -2.46. The second-order valence-electron chi connectivity index (χ2n) is 7.29. The minimum atomic E-state index is -0.210. The Labute approximate surface area is 164 Å². The van der Waals surface area contributed by atoms with Crippen LogP contribution in [-0.4, -0.2) is 52.5 Å². The Hall–Kier alpha value is -2.12. The van der Waals surface area contributed by atoms with E-state index < -0.39 is 0 Å². The topological polar surface area (TPSA) is 91.2 Å². The number of ketones is 1. The molecule has 0 spiro atoms. The average molecular weight is 393 g/mol. The molecule has 2 atom stereocenters. The van der Waals surface area contributed by atoms with Crippen LogP contribution in [0.4, 0.5) is 0 Å². The molecule has 2 aromatic rings. The van der Waals surface area contributed by atoms with Crippen molar-refractivity contribution < 1.29 is 14.0 Å². The molecule has 8 heteroatoms. The van der Waals surface area contributed by atoms with E-state index in [0.29, 0.717) is 18.9 Å². The number of Topliss-reactive ketones (excluding diaryl/α,β-unsaturated/α-hetero) is 1. The Bertz CT molecular complexity index is 781. The maximum Gasteiger partial charge on any atom is 0.239 e. The number of carbonyl (C=O) groups is 2. The van der Waals surface area contributed by atoms with Crippen LogP contribution in [0.25, 0.3) is 11.5 Å². The number of H-pyrrole nitrogens is 1. The van der Waals surface area contributed by atoms with Gasteiger partial charge < -0.3 is 14.6 Å². The Morgan fingerprint density at radius 3 is 2.70 bits per heavy atom. The van der Waals surface area contributed by atoms with E-state index in [0.717, 1.165) is 43.1 Å². The SMILES string of the molecule is CC(=O)C1CNC(C(=O)N2CCC(c3cc(-c4ccco4)n[nH]3)CC2)C1.Cl. The standard InChI is InChI=1S/C19H24N4O3.ClH/c1-12(24)14-9-17(20-11-14)19(25)23-6-4-13(5-7-23)15-10-16(22-21-15)18-3-2-8-26-18;/h2-3,8,10,13-14,17,20H,4-7,9,11H2,1H3,(H,21,22);1H. The number of piperidine rings is 1. The lowest BCUT2D eigenvalue weighted by atomic mass is 9.92. The zero-order valence-electron chi connectivity index (χ0n) is 15.3. The summed E-state index contributed by atoms with van der Waals surface area (Å²) in [5, 5.41) is 10.7. The summed E-state index contributed by atoms with van der Waals surface area (Å²) in [6, 6.07) is 5.57. The van der Waals surface area contributed by atoms with Crippen LogP contribution in [0.1, 0.15) is 37.8 Å². The van der Waals surface area contributed by atoms with Gasteiger partial charge in [0.1, 0.15) is 11.5 Å². The fourth-order valence-corrected chi connectivity index (χ4v) is 3.96. The molecule has 7 nitrogen and oxygen atoms in total. The number of nitrogens with one attached hydrogen (secondary N) is 2. The van der Waals surface area contributed by atoms with Crippen molar-refractivity contribution in [3.05, 3.63) is 30.2 Å². The fourth-order valence-electron chi connectivity index (χ4n) is 3.96. The summed E-state index contributed by atoms with van der Waals surface area (Å²) in [7, 11) is 0. The first-order chi connectivity index (χ1) is 12.6. The molecule has 2 unspecified atom stereocenters. The van der Waals surface area contributed by atoms with E-state index in [1.165, 1.54) is 0 Å². The number of aromatic amines is 1. The second-order valence-corrected chi connectivity index (χ2v) is 7.29. The van der Waals surface area contributed by atoms with Crippen LogP contribution < -0.4 is 5.32 Å². The molecule has 2 aromatic heterocycles. The highest BCUT2D eigenvalue weighted by Gasteiger charge is 2.35. The Morgan fingerprint density at radius 1 is 1.30 bits per heavy atom. The van der Waals surface area contributed by atoms with Crippen molar-refractivity contribution in [3.63, 3.8) is 0 Å². The molecule has 2 aliphatic heterocycles. The van der Waals surface area contributed by atoms with Gasteiger partial charge in [0, 0.05) is 37.2 Å². The largest absolute Gasteiger partial charge is 0.463 e. The van der Waals surface area contributed by atoms with Crippen molar-refractivity contribution in [3.8, 4) is 11.5 Å². The van der Waals surface area contributed by atoms with Gasteiger partial charge in [-0.25, -0.2) is 0 Å². The summed E-state index contributed by atoms with van der Waals surface area (Å²) in [5.41, 5.74) is 1.91. The third-order valence-electron chi connectivity index (χ3n) is 5.62. The quantitative estimate of drug-likeness (QED) is 0.833. The van der Waals surface area contributed by atoms with E-state index in [1.807, 2.05) is 23.1 Å². The van der Waals surface area contributed by atoms with E-state index in [1.54, 1.807) is 13.2 Å². The Morgan fingerprint density at radius 2 is 2.07 bits per heavy atom. The number of rotatable bonds is 4. The van der Waals surface area contributed by atoms with Crippen molar-refractivity contribution in [1.82, 2.24) is 20.4 Å². The van der Waals surface area contributed by atoms with Crippen LogP contribution in [0.5, 0.6) is 0 Å². The van der Waals surface area contributed by atoms with Crippen LogP contribution in [0.3, 0.4) is 0 Å². The lowest BCUT2D eigenvalue weighted by Gasteiger charge is -2.33. The predicted octanol–water partition coefficient (Wildman–Crippen LogP) is 2.36. The molecule has 0 saturated carbocycles. The minimum Gasteiger partial charge on any atom is -0.463 e. The monoisotopic (exact) mass is 392 g/mol. The van der Waals surface area contributed by atoms with Crippen LogP contribution in [-0.2, 0) is 9.59 Å². The van der Waals surface area contributed by atoms with Gasteiger partial charge in [-0.15, -0.1) is 12.4 Å². The summed E-state index contributed by atoms with van der Waals surface area (Å²) >= 11 is 0. The van der Waals surface area contributed by atoms with Gasteiger partial charge in [-0.05, 0) is 44.4 Å². The number of halogens is 1. The van der Waals surface area contributed by atoms with Gasteiger partial charge in [-0.3, -0.25) is 14.7 Å². The maximum atomic E-state index is 12.7. The zero-order chi connectivity index (χ0) is 18.1. The summed E-state index contributed by atoms with van der Waals surface area (Å²) < 4.78 is 5.38. The van der Waals surface area contributed by atoms with Crippen molar-refractivity contribution in [1.29, 1.82) is 0 Å². The van der Waals surface area contributed by atoms with Gasteiger partial charge >= 0.3 is 0 Å². The zero-order valence-corrected chi connectivity index (χ0v) is 16.1. The maximum absolute atomic E-state index is 12.7. The van der Waals surface area contributed by atoms with Gasteiger partial charge in [-0.2, -0.15) is 5.10 Å². The summed E-state index contributed by atoms with van der Waals surface area (Å²) in [6.07, 6.45) is 4.09. The summed E-state index contributed by atoms with van der Waals surface area (Å²) in [6.45, 7) is 3.70. The van der Waals surface area contributed by atoms with E-state index in [2.05, 4.69) is 15.5 Å². The van der Waals surface area contributed by atoms with Gasteiger partial charge in [0.05, 0.1) is 12.3 Å². The molecule has 0 aliphatic carbocycles. The minimum absolute atomic E-state index is 0. The van der Waals surface area contributed by atoms with E-state index in [-0.39, 0.29) is 36.1 Å². The number of furan rings is 1. The number of hydrogen-bond donors (Lipinski definition) is 2. The number of nitrogens with zero attached hydrogens (tertiary/aromatic N) is 2. The fraction of sp³-hybridized carbons (Fsp3) is 0.526. The molecule has 4 rings (SSSR count). The third-order valence-corrected chi connectivity index (χ3v) is 5.62. The van der Waals surface area contributed by atoms with Crippen molar-refractivity contribution in [2.24, 2.45) is 5.92 Å². The van der Waals surface area contributed by atoms with Crippen LogP contribution >= 0.6 is 12.4 Å². The molecule has 4 heterocycles. The predicted molar refractivity (Wildman–Crippen MR) is 103 cm³/mol. The number of hydrogen-bond acceptors (Lipinski definition) is 5. The molecule has 0 bridgehead atoms. The summed E-state index contributed by atoms with van der Waals surface area (Å²) in [5.74, 6) is 1.40. The molecule has 2 aliphatic rings. The molecule has 27 heavy (non-hydrogen) atoms. The number of amides is 1. The van der Waals surface area contributed by atoms with Crippen LogP contribution in [0.2, 0.25) is 0 Å². The molecule has 2 N–H and O–H groups in total. The molecular weight excluding hydrogens is 368 g/mol. The first kappa shape index (κ1) is 19.6. The van der Waals surface area contributed by atoms with Crippen molar-refractivity contribution >= 4 is 24.1 Å². The number of likely N-dealkylation sites (tertiary alicyclic amines) is 1. The van der Waals surface area contributed by atoms with Crippen molar-refractivity contribution in [2.75, 3.05) is 19.6 Å². The molecule has 1 amide bonds. The smallest absolute Gasteiger partial charge is 0.239 e. The first-order valence-corrected chi connectivity index (χ1v) is 9.23. The summed E-state index contributed by atoms with van der Waals surface area (Å²) in [4.78, 5) is 26.1. The molecular formula is C19H25ClN4O3. The van der Waals surface area contributed by atoms with Gasteiger partial charge in [0.25, 0.3) is 0 Å². The highest BCUT2D eigenvalue weighted by molar-refractivity contribution is 5.86. The van der Waals surface area contributed by atoms with Gasteiger partial charge in [0.2, 0.25) is 5.91 Å². The Balaban J connectivity index is 0.00000210. The van der Waals surface area contributed by atoms with Crippen molar-refractivity contribution in [2.45, 2.75) is 38.1 Å². The van der Waals surface area contributed by atoms with E-state index in [4.69, 9.17) is 4.42 Å². The third kappa shape index (κ3) is 4.09. The normalized spacial score (nSPS) is 23.2. The highest BCUT2D eigenvalue weighted by Crippen LogP contribution is 2.30. The molecule has 2 fully saturated rings. The average Bonchev–Trinajstić information content (AvgIpc) is 3.42. The highest BCUT2D eigenvalue weighted by atomic mass is 35.5. The van der Waals surface area contributed by atoms with E-state index in [9.17, 15) is 9.59 Å². The number of aromatic nitrogens is 2. The molecule has 0 radical (unpaired) electrons. The molecule has 146 valence electrons. The van der Waals surface area contributed by atoms with E-state index >= 15 is 0 Å². The van der Waals surface area contributed by atoms with Gasteiger partial charge in [0.15, 0.2) is 5.76 Å². The number of carbonyl (C=O) groups excluding carboxylic acids is 2.